The molecule has 1 fully saturated rings. The molecule has 1 aliphatic heterocycles. The number of aromatic amines is 1. The molecule has 5 heteroatoms. The minimum Gasteiger partial charge on any atom is -0.353 e. The maximum Gasteiger partial charge on any atom is 0.160 e. The molecule has 1 aliphatic rings. The van der Waals surface area contributed by atoms with Crippen molar-refractivity contribution < 1.29 is 0 Å². The SMILES string of the molecule is CC1CCCCN1c1ncnc2[nH]ncc12. The molecule has 0 amide bonds. The summed E-state index contributed by atoms with van der Waals surface area (Å²) in [6.07, 6.45) is 7.22. The van der Waals surface area contributed by atoms with Crippen molar-refractivity contribution in [3.63, 3.8) is 0 Å². The molecule has 1 saturated heterocycles. The fourth-order valence-electron chi connectivity index (χ4n) is 2.39. The lowest BCUT2D eigenvalue weighted by atomic mass is 10.0. The summed E-state index contributed by atoms with van der Waals surface area (Å²) in [4.78, 5) is 10.9. The standard InChI is InChI=1S/C11H15N5/c1-8-4-2-3-5-16(8)11-9-6-14-15-10(9)12-7-13-11/h6-8H,2-5H2,1H3,(H,12,13,14,15). The van der Waals surface area contributed by atoms with E-state index in [0.29, 0.717) is 6.04 Å². The van der Waals surface area contributed by atoms with Gasteiger partial charge in [-0.3, -0.25) is 5.10 Å². The van der Waals surface area contributed by atoms with Crippen LogP contribution in [0.5, 0.6) is 0 Å². The zero-order valence-electron chi connectivity index (χ0n) is 9.35. The van der Waals surface area contributed by atoms with E-state index in [9.17, 15) is 0 Å². The zero-order chi connectivity index (χ0) is 11.0. The van der Waals surface area contributed by atoms with Gasteiger partial charge >= 0.3 is 0 Å². The van der Waals surface area contributed by atoms with Crippen molar-refractivity contribution in [2.45, 2.75) is 32.2 Å². The van der Waals surface area contributed by atoms with E-state index < -0.39 is 0 Å². The summed E-state index contributed by atoms with van der Waals surface area (Å²) in [5.41, 5.74) is 0.822. The summed E-state index contributed by atoms with van der Waals surface area (Å²) in [7, 11) is 0. The van der Waals surface area contributed by atoms with Gasteiger partial charge in [-0.2, -0.15) is 5.10 Å². The number of nitrogens with zero attached hydrogens (tertiary/aromatic N) is 4. The molecule has 0 saturated carbocycles. The molecule has 3 rings (SSSR count). The van der Waals surface area contributed by atoms with Crippen LogP contribution in [0.4, 0.5) is 5.82 Å². The Balaban J connectivity index is 2.07. The highest BCUT2D eigenvalue weighted by Crippen LogP contribution is 2.27. The van der Waals surface area contributed by atoms with Crippen LogP contribution in [0.25, 0.3) is 11.0 Å². The van der Waals surface area contributed by atoms with Crippen LogP contribution in [0.3, 0.4) is 0 Å². The molecule has 0 aromatic carbocycles. The van der Waals surface area contributed by atoms with Crippen LogP contribution in [-0.4, -0.2) is 32.8 Å². The zero-order valence-corrected chi connectivity index (χ0v) is 9.35. The van der Waals surface area contributed by atoms with Crippen LogP contribution in [-0.2, 0) is 0 Å². The molecule has 16 heavy (non-hydrogen) atoms. The van der Waals surface area contributed by atoms with E-state index in [1.54, 1.807) is 6.33 Å². The van der Waals surface area contributed by atoms with E-state index in [4.69, 9.17) is 0 Å². The Kier molecular flexibility index (Phi) is 2.23. The van der Waals surface area contributed by atoms with Gasteiger partial charge in [0.25, 0.3) is 0 Å². The van der Waals surface area contributed by atoms with E-state index >= 15 is 0 Å². The summed E-state index contributed by atoms with van der Waals surface area (Å²) in [5.74, 6) is 1.02. The molecule has 1 N–H and O–H groups in total. The van der Waals surface area contributed by atoms with E-state index in [0.717, 1.165) is 23.4 Å². The number of H-pyrrole nitrogens is 1. The maximum absolute atomic E-state index is 4.41. The minimum absolute atomic E-state index is 0.557. The molecule has 0 spiro atoms. The lowest BCUT2D eigenvalue weighted by molar-refractivity contribution is 0.482. The second kappa shape index (κ2) is 3.73. The Hall–Kier alpha value is -1.65. The third-order valence-corrected chi connectivity index (χ3v) is 3.30. The molecule has 2 aromatic heterocycles. The van der Waals surface area contributed by atoms with Crippen LogP contribution in [0, 0.1) is 0 Å². The van der Waals surface area contributed by atoms with Crippen LogP contribution < -0.4 is 4.90 Å². The first kappa shape index (κ1) is 9.57. The normalized spacial score (nSPS) is 21.6. The Labute approximate surface area is 93.9 Å². The van der Waals surface area contributed by atoms with Crippen molar-refractivity contribution >= 4 is 16.9 Å². The lowest BCUT2D eigenvalue weighted by Crippen LogP contribution is -2.38. The molecule has 5 nitrogen and oxygen atoms in total. The monoisotopic (exact) mass is 217 g/mol. The number of rotatable bonds is 1. The predicted molar refractivity (Wildman–Crippen MR) is 62.3 cm³/mol. The number of aromatic nitrogens is 4. The van der Waals surface area contributed by atoms with Crippen molar-refractivity contribution in [1.82, 2.24) is 20.2 Å². The lowest BCUT2D eigenvalue weighted by Gasteiger charge is -2.34. The quantitative estimate of drug-likeness (QED) is 0.790. The average molecular weight is 217 g/mol. The molecule has 2 aromatic rings. The smallest absolute Gasteiger partial charge is 0.160 e. The maximum atomic E-state index is 4.41. The minimum atomic E-state index is 0.557. The molecule has 84 valence electrons. The number of hydrogen-bond donors (Lipinski definition) is 1. The number of piperidine rings is 1. The molecule has 0 radical (unpaired) electrons. The number of hydrogen-bond acceptors (Lipinski definition) is 4. The van der Waals surface area contributed by atoms with Gasteiger partial charge in [0, 0.05) is 12.6 Å². The fraction of sp³-hybridized carbons (Fsp3) is 0.545. The number of nitrogens with one attached hydrogen (secondary N) is 1. The highest BCUT2D eigenvalue weighted by atomic mass is 15.2. The van der Waals surface area contributed by atoms with Crippen molar-refractivity contribution in [3.05, 3.63) is 12.5 Å². The Morgan fingerprint density at radius 3 is 3.19 bits per heavy atom. The van der Waals surface area contributed by atoms with Gasteiger partial charge in [0.2, 0.25) is 0 Å². The van der Waals surface area contributed by atoms with Gasteiger partial charge in [-0.15, -0.1) is 0 Å². The van der Waals surface area contributed by atoms with E-state index in [1.807, 2.05) is 6.20 Å². The van der Waals surface area contributed by atoms with Gasteiger partial charge < -0.3 is 4.90 Å². The highest BCUT2D eigenvalue weighted by Gasteiger charge is 2.21. The first-order valence-corrected chi connectivity index (χ1v) is 5.77. The van der Waals surface area contributed by atoms with E-state index in [-0.39, 0.29) is 0 Å². The fourth-order valence-corrected chi connectivity index (χ4v) is 2.39. The molecule has 0 aliphatic carbocycles. The Morgan fingerprint density at radius 1 is 1.38 bits per heavy atom. The van der Waals surface area contributed by atoms with Crippen LogP contribution in [0.2, 0.25) is 0 Å². The molecular formula is C11H15N5. The second-order valence-electron chi connectivity index (χ2n) is 4.37. The highest BCUT2D eigenvalue weighted by molar-refractivity contribution is 5.86. The van der Waals surface area contributed by atoms with Gasteiger partial charge in [-0.1, -0.05) is 0 Å². The molecular weight excluding hydrogens is 202 g/mol. The summed E-state index contributed by atoms with van der Waals surface area (Å²) in [6, 6.07) is 0.557. The molecule has 3 heterocycles. The van der Waals surface area contributed by atoms with Gasteiger partial charge in [0.05, 0.1) is 11.6 Å². The van der Waals surface area contributed by atoms with Crippen LogP contribution in [0.1, 0.15) is 26.2 Å². The Bertz CT molecular complexity index is 492. The number of anilines is 1. The third kappa shape index (κ3) is 1.43. The van der Waals surface area contributed by atoms with Crippen molar-refractivity contribution in [1.29, 1.82) is 0 Å². The van der Waals surface area contributed by atoms with Crippen molar-refractivity contribution in [2.75, 3.05) is 11.4 Å². The Morgan fingerprint density at radius 2 is 2.31 bits per heavy atom. The first-order chi connectivity index (χ1) is 7.86. The molecule has 1 unspecified atom stereocenters. The van der Waals surface area contributed by atoms with Gasteiger partial charge in [0.1, 0.15) is 12.1 Å². The number of fused-ring (bicyclic) bond motifs is 1. The predicted octanol–water partition coefficient (Wildman–Crippen LogP) is 1.73. The van der Waals surface area contributed by atoms with Gasteiger partial charge in [0.15, 0.2) is 5.65 Å². The molecule has 1 atom stereocenters. The third-order valence-electron chi connectivity index (χ3n) is 3.30. The second-order valence-corrected chi connectivity index (χ2v) is 4.37. The van der Waals surface area contributed by atoms with Crippen LogP contribution in [0.15, 0.2) is 12.5 Å². The summed E-state index contributed by atoms with van der Waals surface area (Å²) >= 11 is 0. The van der Waals surface area contributed by atoms with Crippen LogP contribution >= 0.6 is 0 Å². The summed E-state index contributed by atoms with van der Waals surface area (Å²) in [5, 5.41) is 7.94. The topological polar surface area (TPSA) is 57.7 Å². The van der Waals surface area contributed by atoms with E-state index in [1.165, 1.54) is 19.3 Å². The largest absolute Gasteiger partial charge is 0.353 e. The average Bonchev–Trinajstić information content (AvgIpc) is 2.77. The summed E-state index contributed by atoms with van der Waals surface area (Å²) in [6.45, 7) is 3.34. The van der Waals surface area contributed by atoms with Crippen molar-refractivity contribution in [3.8, 4) is 0 Å². The van der Waals surface area contributed by atoms with Gasteiger partial charge in [-0.05, 0) is 26.2 Å². The molecule has 0 bridgehead atoms. The van der Waals surface area contributed by atoms with Gasteiger partial charge in [-0.25, -0.2) is 9.97 Å². The van der Waals surface area contributed by atoms with Crippen molar-refractivity contribution in [2.24, 2.45) is 0 Å². The van der Waals surface area contributed by atoms with E-state index in [2.05, 4.69) is 32.0 Å². The summed E-state index contributed by atoms with van der Waals surface area (Å²) < 4.78 is 0. The first-order valence-electron chi connectivity index (χ1n) is 5.77.